The Bertz CT molecular complexity index is 631. The molecule has 3 nitrogen and oxygen atoms in total. The third-order valence-corrected chi connectivity index (χ3v) is 4.48. The normalized spacial score (nSPS) is 10.9. The van der Waals surface area contributed by atoms with E-state index in [2.05, 4.69) is 19.1 Å². The molecule has 0 unspecified atom stereocenters. The Hall–Kier alpha value is -1.68. The maximum absolute atomic E-state index is 12.0. The number of hydrogen-bond donors (Lipinski definition) is 0. The molecule has 0 aliphatic carbocycles. The van der Waals surface area contributed by atoms with Crippen LogP contribution in [0.25, 0.3) is 10.6 Å². The van der Waals surface area contributed by atoms with Crippen molar-refractivity contribution in [3.05, 3.63) is 40.4 Å². The van der Waals surface area contributed by atoms with Crippen LogP contribution in [0.2, 0.25) is 0 Å². The average molecular weight is 303 g/mol. The summed E-state index contributed by atoms with van der Waals surface area (Å²) in [7, 11) is 0. The number of rotatable bonds is 5. The minimum atomic E-state index is -0.291. The Labute approximate surface area is 130 Å². The number of esters is 1. The molecule has 0 bridgehead atoms. The second-order valence-electron chi connectivity index (χ2n) is 5.12. The summed E-state index contributed by atoms with van der Waals surface area (Å²) in [5, 5.41) is 0. The van der Waals surface area contributed by atoms with Gasteiger partial charge in [-0.05, 0) is 43.5 Å². The predicted octanol–water partition coefficient (Wildman–Crippen LogP) is 4.67. The third-order valence-electron chi connectivity index (χ3n) is 3.23. The van der Waals surface area contributed by atoms with Crippen LogP contribution in [-0.2, 0) is 11.2 Å². The summed E-state index contributed by atoms with van der Waals surface area (Å²) in [4.78, 5) is 19.2. The number of ether oxygens (including phenoxy) is 1. The molecule has 0 radical (unpaired) electrons. The SMILES string of the molecule is CCOC(=O)c1ccc(-c2ccc(CC)s2)nc1C(C)C. The van der Waals surface area contributed by atoms with E-state index in [1.54, 1.807) is 11.3 Å². The van der Waals surface area contributed by atoms with E-state index in [0.717, 1.165) is 22.7 Å². The van der Waals surface area contributed by atoms with E-state index in [4.69, 9.17) is 9.72 Å². The molecular formula is C17H21NO2S. The van der Waals surface area contributed by atoms with Gasteiger partial charge in [-0.15, -0.1) is 11.3 Å². The summed E-state index contributed by atoms with van der Waals surface area (Å²) >= 11 is 1.75. The smallest absolute Gasteiger partial charge is 0.339 e. The van der Waals surface area contributed by atoms with Crippen LogP contribution in [0.4, 0.5) is 0 Å². The highest BCUT2D eigenvalue weighted by atomic mass is 32.1. The van der Waals surface area contributed by atoms with Crippen molar-refractivity contribution >= 4 is 17.3 Å². The van der Waals surface area contributed by atoms with E-state index in [9.17, 15) is 4.79 Å². The summed E-state index contributed by atoms with van der Waals surface area (Å²) in [5.74, 6) is -0.115. The standard InChI is InChI=1S/C17H21NO2S/c1-5-12-7-10-15(21-12)14-9-8-13(17(19)20-6-2)16(18-14)11(3)4/h7-11H,5-6H2,1-4H3. The number of thiophene rings is 1. The van der Waals surface area contributed by atoms with Gasteiger partial charge in [-0.3, -0.25) is 4.98 Å². The Balaban J connectivity index is 2.42. The van der Waals surface area contributed by atoms with Crippen molar-refractivity contribution in [2.45, 2.75) is 40.0 Å². The molecule has 4 heteroatoms. The van der Waals surface area contributed by atoms with E-state index < -0.39 is 0 Å². The minimum Gasteiger partial charge on any atom is -0.462 e. The van der Waals surface area contributed by atoms with Crippen molar-refractivity contribution in [2.24, 2.45) is 0 Å². The van der Waals surface area contributed by atoms with Gasteiger partial charge in [-0.1, -0.05) is 20.8 Å². The zero-order valence-electron chi connectivity index (χ0n) is 13.0. The van der Waals surface area contributed by atoms with Crippen molar-refractivity contribution in [2.75, 3.05) is 6.61 Å². The molecule has 2 rings (SSSR count). The van der Waals surface area contributed by atoms with E-state index in [-0.39, 0.29) is 11.9 Å². The third kappa shape index (κ3) is 3.50. The lowest BCUT2D eigenvalue weighted by Gasteiger charge is -2.12. The van der Waals surface area contributed by atoms with Crippen molar-refractivity contribution in [1.82, 2.24) is 4.98 Å². The number of pyridine rings is 1. The van der Waals surface area contributed by atoms with Gasteiger partial charge in [0.05, 0.1) is 28.4 Å². The van der Waals surface area contributed by atoms with Crippen LogP contribution in [0.15, 0.2) is 24.3 Å². The fourth-order valence-corrected chi connectivity index (χ4v) is 3.06. The number of aryl methyl sites for hydroxylation is 1. The molecule has 0 aliphatic rings. The number of carbonyl (C=O) groups excluding carboxylic acids is 1. The first-order chi connectivity index (χ1) is 10.1. The lowest BCUT2D eigenvalue weighted by Crippen LogP contribution is -2.11. The topological polar surface area (TPSA) is 39.2 Å². The molecule has 2 aromatic rings. The first kappa shape index (κ1) is 15.7. The van der Waals surface area contributed by atoms with Gasteiger partial charge in [0.25, 0.3) is 0 Å². The van der Waals surface area contributed by atoms with Crippen molar-refractivity contribution in [3.8, 4) is 10.6 Å². The maximum atomic E-state index is 12.0. The van der Waals surface area contributed by atoms with Gasteiger partial charge in [0, 0.05) is 4.88 Å². The summed E-state index contributed by atoms with van der Waals surface area (Å²) in [5.41, 5.74) is 2.30. The Morgan fingerprint density at radius 3 is 2.57 bits per heavy atom. The Morgan fingerprint density at radius 2 is 2.00 bits per heavy atom. The van der Waals surface area contributed by atoms with Crippen LogP contribution in [-0.4, -0.2) is 17.6 Å². The first-order valence-corrected chi connectivity index (χ1v) is 8.15. The van der Waals surface area contributed by atoms with Crippen molar-refractivity contribution in [1.29, 1.82) is 0 Å². The first-order valence-electron chi connectivity index (χ1n) is 7.33. The zero-order valence-corrected chi connectivity index (χ0v) is 13.8. The summed E-state index contributed by atoms with van der Waals surface area (Å²) < 4.78 is 5.11. The molecule has 0 saturated carbocycles. The summed E-state index contributed by atoms with van der Waals surface area (Å²) in [6.45, 7) is 8.42. The van der Waals surface area contributed by atoms with Crippen molar-refractivity contribution < 1.29 is 9.53 Å². The molecule has 0 atom stereocenters. The van der Waals surface area contributed by atoms with Gasteiger partial charge in [0.15, 0.2) is 0 Å². The van der Waals surface area contributed by atoms with Gasteiger partial charge in [-0.25, -0.2) is 4.79 Å². The number of carbonyl (C=O) groups is 1. The lowest BCUT2D eigenvalue weighted by molar-refractivity contribution is 0.0524. The molecule has 0 amide bonds. The second kappa shape index (κ2) is 6.85. The fraction of sp³-hybridized carbons (Fsp3) is 0.412. The van der Waals surface area contributed by atoms with E-state index in [0.29, 0.717) is 12.2 Å². The minimum absolute atomic E-state index is 0.176. The van der Waals surface area contributed by atoms with E-state index >= 15 is 0 Å². The molecule has 0 spiro atoms. The molecule has 2 heterocycles. The van der Waals surface area contributed by atoms with Gasteiger partial charge in [0.1, 0.15) is 0 Å². The zero-order chi connectivity index (χ0) is 15.4. The number of nitrogens with zero attached hydrogens (tertiary/aromatic N) is 1. The van der Waals surface area contributed by atoms with Gasteiger partial charge >= 0.3 is 5.97 Å². The van der Waals surface area contributed by atoms with Crippen LogP contribution in [0.3, 0.4) is 0 Å². The predicted molar refractivity (Wildman–Crippen MR) is 87.0 cm³/mol. The van der Waals surface area contributed by atoms with Crippen LogP contribution in [0.5, 0.6) is 0 Å². The molecule has 0 N–H and O–H groups in total. The monoisotopic (exact) mass is 303 g/mol. The van der Waals surface area contributed by atoms with Crippen LogP contribution in [0, 0.1) is 0 Å². The maximum Gasteiger partial charge on any atom is 0.339 e. The molecule has 0 aliphatic heterocycles. The highest BCUT2D eigenvalue weighted by Crippen LogP contribution is 2.29. The highest BCUT2D eigenvalue weighted by molar-refractivity contribution is 7.15. The molecular weight excluding hydrogens is 282 g/mol. The van der Waals surface area contributed by atoms with Crippen LogP contribution >= 0.6 is 11.3 Å². The Morgan fingerprint density at radius 1 is 1.24 bits per heavy atom. The van der Waals surface area contributed by atoms with Gasteiger partial charge in [-0.2, -0.15) is 0 Å². The summed E-state index contributed by atoms with van der Waals surface area (Å²) in [6, 6.07) is 7.97. The lowest BCUT2D eigenvalue weighted by atomic mass is 10.0. The molecule has 2 aromatic heterocycles. The average Bonchev–Trinajstić information content (AvgIpc) is 2.95. The van der Waals surface area contributed by atoms with Gasteiger partial charge in [0.2, 0.25) is 0 Å². The van der Waals surface area contributed by atoms with E-state index in [1.165, 1.54) is 4.88 Å². The molecule has 21 heavy (non-hydrogen) atoms. The molecule has 112 valence electrons. The highest BCUT2D eigenvalue weighted by Gasteiger charge is 2.18. The summed E-state index contributed by atoms with van der Waals surface area (Å²) in [6.07, 6.45) is 1.03. The van der Waals surface area contributed by atoms with Crippen LogP contribution in [0.1, 0.15) is 54.5 Å². The van der Waals surface area contributed by atoms with E-state index in [1.807, 2.05) is 32.9 Å². The molecule has 0 fully saturated rings. The van der Waals surface area contributed by atoms with Gasteiger partial charge < -0.3 is 4.74 Å². The largest absolute Gasteiger partial charge is 0.462 e. The molecule has 0 aromatic carbocycles. The number of hydrogen-bond acceptors (Lipinski definition) is 4. The van der Waals surface area contributed by atoms with Crippen molar-refractivity contribution in [3.63, 3.8) is 0 Å². The molecule has 0 saturated heterocycles. The van der Waals surface area contributed by atoms with Crippen LogP contribution < -0.4 is 0 Å². The fourth-order valence-electron chi connectivity index (χ4n) is 2.14. The Kier molecular flexibility index (Phi) is 5.12. The quantitative estimate of drug-likeness (QED) is 0.753. The second-order valence-corrected chi connectivity index (χ2v) is 6.29. The number of aromatic nitrogens is 1.